The standard InChI is InChI=1S/C15H29NO2/c1-11-5-7-12(8-6-11)13(10-16)9-14(17)18-15(2,3)4/h11-13H,5-10,16H2,1-4H3. The van der Waals surface area contributed by atoms with Gasteiger partial charge in [-0.05, 0) is 57.9 Å². The molecule has 0 bridgehead atoms. The molecule has 1 atom stereocenters. The molecule has 0 aliphatic heterocycles. The van der Waals surface area contributed by atoms with Gasteiger partial charge in [-0.3, -0.25) is 4.79 Å². The van der Waals surface area contributed by atoms with Gasteiger partial charge in [0.1, 0.15) is 5.60 Å². The van der Waals surface area contributed by atoms with E-state index in [-0.39, 0.29) is 5.97 Å². The maximum Gasteiger partial charge on any atom is 0.306 e. The molecule has 0 spiro atoms. The Labute approximate surface area is 111 Å². The lowest BCUT2D eigenvalue weighted by Gasteiger charge is -2.32. The molecule has 18 heavy (non-hydrogen) atoms. The molecule has 2 N–H and O–H groups in total. The maximum absolute atomic E-state index is 11.9. The molecular weight excluding hydrogens is 226 g/mol. The van der Waals surface area contributed by atoms with Crippen molar-refractivity contribution >= 4 is 5.97 Å². The first-order valence-electron chi connectivity index (χ1n) is 7.23. The first kappa shape index (κ1) is 15.5. The zero-order valence-electron chi connectivity index (χ0n) is 12.4. The summed E-state index contributed by atoms with van der Waals surface area (Å²) >= 11 is 0. The Morgan fingerprint density at radius 2 is 1.83 bits per heavy atom. The summed E-state index contributed by atoms with van der Waals surface area (Å²) in [4.78, 5) is 11.9. The van der Waals surface area contributed by atoms with Gasteiger partial charge in [0.05, 0.1) is 0 Å². The summed E-state index contributed by atoms with van der Waals surface area (Å²) < 4.78 is 5.39. The van der Waals surface area contributed by atoms with E-state index >= 15 is 0 Å². The monoisotopic (exact) mass is 255 g/mol. The van der Waals surface area contributed by atoms with Crippen LogP contribution in [0.2, 0.25) is 0 Å². The van der Waals surface area contributed by atoms with Gasteiger partial charge in [-0.2, -0.15) is 0 Å². The lowest BCUT2D eigenvalue weighted by molar-refractivity contribution is -0.156. The summed E-state index contributed by atoms with van der Waals surface area (Å²) in [5.74, 6) is 1.64. The molecule has 1 unspecified atom stereocenters. The molecule has 1 fully saturated rings. The molecule has 1 aliphatic carbocycles. The quantitative estimate of drug-likeness (QED) is 0.785. The molecule has 1 rings (SSSR count). The van der Waals surface area contributed by atoms with Gasteiger partial charge in [0.15, 0.2) is 0 Å². The van der Waals surface area contributed by atoms with Crippen LogP contribution in [-0.4, -0.2) is 18.1 Å². The highest BCUT2D eigenvalue weighted by molar-refractivity contribution is 5.70. The third-order valence-electron chi connectivity index (χ3n) is 3.88. The highest BCUT2D eigenvalue weighted by atomic mass is 16.6. The molecule has 0 amide bonds. The smallest absolute Gasteiger partial charge is 0.306 e. The molecule has 1 aliphatic rings. The molecular formula is C15H29NO2. The Hall–Kier alpha value is -0.570. The van der Waals surface area contributed by atoms with Crippen LogP contribution in [0, 0.1) is 17.8 Å². The van der Waals surface area contributed by atoms with Gasteiger partial charge in [-0.1, -0.05) is 19.8 Å². The summed E-state index contributed by atoms with van der Waals surface area (Å²) in [5.41, 5.74) is 5.45. The number of esters is 1. The average Bonchev–Trinajstić information content (AvgIpc) is 2.25. The van der Waals surface area contributed by atoms with Crippen molar-refractivity contribution in [2.24, 2.45) is 23.5 Å². The summed E-state index contributed by atoms with van der Waals surface area (Å²) in [7, 11) is 0. The lowest BCUT2D eigenvalue weighted by atomic mass is 9.75. The topological polar surface area (TPSA) is 52.3 Å². The third-order valence-corrected chi connectivity index (χ3v) is 3.88. The summed E-state index contributed by atoms with van der Waals surface area (Å²) in [6.07, 6.45) is 5.45. The zero-order chi connectivity index (χ0) is 13.8. The van der Waals surface area contributed by atoms with E-state index in [4.69, 9.17) is 10.5 Å². The maximum atomic E-state index is 11.9. The predicted octanol–water partition coefficient (Wildman–Crippen LogP) is 3.12. The highest BCUT2D eigenvalue weighted by Gasteiger charge is 2.28. The van der Waals surface area contributed by atoms with Crippen LogP contribution in [0.3, 0.4) is 0 Å². The van der Waals surface area contributed by atoms with E-state index in [2.05, 4.69) is 6.92 Å². The fourth-order valence-electron chi connectivity index (χ4n) is 2.80. The molecule has 0 heterocycles. The van der Waals surface area contributed by atoms with Crippen LogP contribution in [0.5, 0.6) is 0 Å². The fraction of sp³-hybridized carbons (Fsp3) is 0.933. The fourth-order valence-corrected chi connectivity index (χ4v) is 2.80. The van der Waals surface area contributed by atoms with Crippen LogP contribution >= 0.6 is 0 Å². The second-order valence-electron chi connectivity index (χ2n) is 6.81. The van der Waals surface area contributed by atoms with E-state index in [9.17, 15) is 4.79 Å². The van der Waals surface area contributed by atoms with Crippen LogP contribution in [0.4, 0.5) is 0 Å². The van der Waals surface area contributed by atoms with E-state index in [1.54, 1.807) is 0 Å². The molecule has 106 valence electrons. The van der Waals surface area contributed by atoms with E-state index < -0.39 is 5.60 Å². The minimum Gasteiger partial charge on any atom is -0.460 e. The van der Waals surface area contributed by atoms with Crippen molar-refractivity contribution in [1.82, 2.24) is 0 Å². The predicted molar refractivity (Wildman–Crippen MR) is 74.1 cm³/mol. The van der Waals surface area contributed by atoms with Crippen molar-refractivity contribution in [1.29, 1.82) is 0 Å². The Morgan fingerprint density at radius 3 is 2.28 bits per heavy atom. The first-order valence-corrected chi connectivity index (χ1v) is 7.23. The SMILES string of the molecule is CC1CCC(C(CN)CC(=O)OC(C)(C)C)CC1. The molecule has 0 saturated heterocycles. The number of carbonyl (C=O) groups is 1. The second kappa shape index (κ2) is 6.55. The van der Waals surface area contributed by atoms with Gasteiger partial charge in [0.2, 0.25) is 0 Å². The average molecular weight is 255 g/mol. The van der Waals surface area contributed by atoms with Gasteiger partial charge in [0, 0.05) is 6.42 Å². The van der Waals surface area contributed by atoms with Crippen molar-refractivity contribution < 1.29 is 9.53 Å². The van der Waals surface area contributed by atoms with Crippen molar-refractivity contribution in [3.8, 4) is 0 Å². The molecule has 0 aromatic rings. The van der Waals surface area contributed by atoms with Crippen LogP contribution in [-0.2, 0) is 9.53 Å². The Balaban J connectivity index is 2.44. The Morgan fingerprint density at radius 1 is 1.28 bits per heavy atom. The van der Waals surface area contributed by atoms with Gasteiger partial charge in [-0.15, -0.1) is 0 Å². The van der Waals surface area contributed by atoms with E-state index in [0.717, 1.165) is 5.92 Å². The van der Waals surface area contributed by atoms with Crippen molar-refractivity contribution in [3.63, 3.8) is 0 Å². The van der Waals surface area contributed by atoms with Crippen LogP contribution in [0.25, 0.3) is 0 Å². The first-order chi connectivity index (χ1) is 8.31. The third kappa shape index (κ3) is 5.38. The number of hydrogen-bond donors (Lipinski definition) is 1. The van der Waals surface area contributed by atoms with E-state index in [1.165, 1.54) is 25.7 Å². The van der Waals surface area contributed by atoms with Gasteiger partial charge >= 0.3 is 5.97 Å². The normalized spacial score (nSPS) is 26.7. The molecule has 3 nitrogen and oxygen atoms in total. The van der Waals surface area contributed by atoms with Crippen LogP contribution in [0.1, 0.15) is 59.8 Å². The number of nitrogens with two attached hydrogens (primary N) is 1. The van der Waals surface area contributed by atoms with Crippen molar-refractivity contribution in [2.45, 2.75) is 65.4 Å². The molecule has 3 heteroatoms. The molecule has 0 radical (unpaired) electrons. The number of carbonyl (C=O) groups excluding carboxylic acids is 1. The number of hydrogen-bond acceptors (Lipinski definition) is 3. The molecule has 0 aromatic carbocycles. The minimum absolute atomic E-state index is 0.100. The highest BCUT2D eigenvalue weighted by Crippen LogP contribution is 2.34. The number of rotatable bonds is 4. The zero-order valence-corrected chi connectivity index (χ0v) is 12.4. The van der Waals surface area contributed by atoms with Crippen molar-refractivity contribution in [3.05, 3.63) is 0 Å². The molecule has 0 aromatic heterocycles. The summed E-state index contributed by atoms with van der Waals surface area (Å²) in [6, 6.07) is 0. The largest absolute Gasteiger partial charge is 0.460 e. The van der Waals surface area contributed by atoms with Gasteiger partial charge < -0.3 is 10.5 Å². The Bertz CT molecular complexity index is 262. The van der Waals surface area contributed by atoms with Crippen LogP contribution in [0.15, 0.2) is 0 Å². The van der Waals surface area contributed by atoms with Gasteiger partial charge in [-0.25, -0.2) is 0 Å². The summed E-state index contributed by atoms with van der Waals surface area (Å²) in [6.45, 7) is 8.62. The second-order valence-corrected chi connectivity index (χ2v) is 6.81. The van der Waals surface area contributed by atoms with E-state index in [1.807, 2.05) is 20.8 Å². The van der Waals surface area contributed by atoms with Crippen LogP contribution < -0.4 is 5.73 Å². The van der Waals surface area contributed by atoms with Crippen molar-refractivity contribution in [2.75, 3.05) is 6.54 Å². The lowest BCUT2D eigenvalue weighted by Crippen LogP contribution is -2.32. The molecule has 1 saturated carbocycles. The van der Waals surface area contributed by atoms with Gasteiger partial charge in [0.25, 0.3) is 0 Å². The number of ether oxygens (including phenoxy) is 1. The minimum atomic E-state index is -0.392. The Kier molecular flexibility index (Phi) is 5.64. The summed E-state index contributed by atoms with van der Waals surface area (Å²) in [5, 5.41) is 0. The van der Waals surface area contributed by atoms with E-state index in [0.29, 0.717) is 24.8 Å².